The highest BCUT2D eigenvalue weighted by Gasteiger charge is 2.29. The predicted molar refractivity (Wildman–Crippen MR) is 122 cm³/mol. The van der Waals surface area contributed by atoms with Crippen molar-refractivity contribution in [3.63, 3.8) is 0 Å². The Morgan fingerprint density at radius 1 is 1.03 bits per heavy atom. The number of carbonyl (C=O) groups is 1. The standard InChI is InChI=1S/C25H26F3NO3S/c1-3-18-7-11-20(12-8-18)24-29-23(17(2)32-24)16-33(31)15-22(30)6-4-5-19-9-13-21(14-10-19)25(26,27)28/h7-14H,3-6,15-16H2,1-2H3. The third-order valence-corrected chi connectivity index (χ3v) is 6.56. The summed E-state index contributed by atoms with van der Waals surface area (Å²) in [5, 5.41) is 0. The van der Waals surface area contributed by atoms with Crippen LogP contribution in [0.2, 0.25) is 0 Å². The minimum atomic E-state index is -4.36. The fourth-order valence-corrected chi connectivity index (χ4v) is 4.55. The van der Waals surface area contributed by atoms with Gasteiger partial charge in [0.1, 0.15) is 11.5 Å². The van der Waals surface area contributed by atoms with Crippen molar-refractivity contribution in [3.8, 4) is 11.5 Å². The van der Waals surface area contributed by atoms with Crippen LogP contribution in [0.5, 0.6) is 0 Å². The monoisotopic (exact) mass is 477 g/mol. The van der Waals surface area contributed by atoms with Gasteiger partial charge in [0.15, 0.2) is 0 Å². The summed E-state index contributed by atoms with van der Waals surface area (Å²) in [6.07, 6.45) is -2.23. The first-order chi connectivity index (χ1) is 15.7. The summed E-state index contributed by atoms with van der Waals surface area (Å²) in [7, 11) is -1.42. The molecule has 33 heavy (non-hydrogen) atoms. The molecule has 0 aliphatic carbocycles. The molecular weight excluding hydrogens is 451 g/mol. The van der Waals surface area contributed by atoms with E-state index in [1.54, 1.807) is 6.92 Å². The Hall–Kier alpha value is -2.74. The smallest absolute Gasteiger partial charge is 0.416 e. The topological polar surface area (TPSA) is 60.2 Å². The number of carbonyl (C=O) groups excluding carboxylic acids is 1. The molecule has 0 saturated carbocycles. The third kappa shape index (κ3) is 7.12. The quantitative estimate of drug-likeness (QED) is 0.356. The van der Waals surface area contributed by atoms with Crippen LogP contribution in [0.3, 0.4) is 0 Å². The van der Waals surface area contributed by atoms with Crippen molar-refractivity contribution in [2.75, 3.05) is 5.75 Å². The first-order valence-corrected chi connectivity index (χ1v) is 12.2. The molecule has 0 fully saturated rings. The lowest BCUT2D eigenvalue weighted by molar-refractivity contribution is -0.137. The summed E-state index contributed by atoms with van der Waals surface area (Å²) < 4.78 is 56.0. The second-order valence-corrected chi connectivity index (χ2v) is 9.34. The van der Waals surface area contributed by atoms with E-state index in [2.05, 4.69) is 11.9 Å². The zero-order chi connectivity index (χ0) is 24.0. The van der Waals surface area contributed by atoms with Crippen LogP contribution in [0, 0.1) is 6.92 Å². The van der Waals surface area contributed by atoms with Crippen molar-refractivity contribution in [3.05, 3.63) is 76.7 Å². The van der Waals surface area contributed by atoms with E-state index in [4.69, 9.17) is 4.42 Å². The molecule has 3 aromatic rings. The molecule has 1 heterocycles. The van der Waals surface area contributed by atoms with E-state index in [0.29, 0.717) is 30.2 Å². The molecule has 8 heteroatoms. The van der Waals surface area contributed by atoms with Gasteiger partial charge in [-0.05, 0) is 61.6 Å². The molecular formula is C25H26F3NO3S. The summed E-state index contributed by atoms with van der Waals surface area (Å²) >= 11 is 0. The molecule has 3 rings (SSSR count). The van der Waals surface area contributed by atoms with Gasteiger partial charge in [0.25, 0.3) is 0 Å². The minimum Gasteiger partial charge on any atom is -0.441 e. The average Bonchev–Trinajstić information content (AvgIpc) is 3.13. The van der Waals surface area contributed by atoms with Crippen LogP contribution in [0.4, 0.5) is 13.2 Å². The van der Waals surface area contributed by atoms with Crippen LogP contribution < -0.4 is 0 Å². The van der Waals surface area contributed by atoms with Crippen LogP contribution in [-0.4, -0.2) is 20.7 Å². The molecule has 0 N–H and O–H groups in total. The highest BCUT2D eigenvalue weighted by atomic mass is 32.2. The number of Topliss-reactive ketones (excluding diaryl/α,β-unsaturated/α-hetero) is 1. The van der Waals surface area contributed by atoms with Crippen LogP contribution in [-0.2, 0) is 40.4 Å². The van der Waals surface area contributed by atoms with Gasteiger partial charge in [0.05, 0.1) is 22.8 Å². The SMILES string of the molecule is CCc1ccc(-c2nc(CS(=O)CC(=O)CCCc3ccc(C(F)(F)F)cc3)c(C)o2)cc1. The van der Waals surface area contributed by atoms with Crippen molar-refractivity contribution in [2.24, 2.45) is 0 Å². The van der Waals surface area contributed by atoms with Gasteiger partial charge < -0.3 is 4.42 Å². The predicted octanol–water partition coefficient (Wildman–Crippen LogP) is 6.07. The van der Waals surface area contributed by atoms with Gasteiger partial charge in [-0.25, -0.2) is 4.98 Å². The van der Waals surface area contributed by atoms with Gasteiger partial charge in [0, 0.05) is 22.8 Å². The minimum absolute atomic E-state index is 0.0835. The Morgan fingerprint density at radius 3 is 2.27 bits per heavy atom. The van der Waals surface area contributed by atoms with Gasteiger partial charge >= 0.3 is 6.18 Å². The maximum Gasteiger partial charge on any atom is 0.416 e. The first-order valence-electron chi connectivity index (χ1n) is 10.7. The number of aromatic nitrogens is 1. The van der Waals surface area contributed by atoms with Crippen LogP contribution in [0.15, 0.2) is 52.9 Å². The fourth-order valence-electron chi connectivity index (χ4n) is 3.37. The first kappa shape index (κ1) is 24.9. The molecule has 0 aliphatic rings. The third-order valence-electron chi connectivity index (χ3n) is 5.32. The molecule has 176 valence electrons. The number of ketones is 1. The van der Waals surface area contributed by atoms with E-state index in [1.165, 1.54) is 17.7 Å². The number of benzene rings is 2. The highest BCUT2D eigenvalue weighted by molar-refractivity contribution is 7.84. The van der Waals surface area contributed by atoms with Gasteiger partial charge in [0.2, 0.25) is 5.89 Å². The van der Waals surface area contributed by atoms with Crippen molar-refractivity contribution in [2.45, 2.75) is 51.5 Å². The number of oxazole rings is 1. The molecule has 0 saturated heterocycles. The summed E-state index contributed by atoms with van der Waals surface area (Å²) in [5.74, 6) is 0.946. The Labute approximate surface area is 193 Å². The number of alkyl halides is 3. The van der Waals surface area contributed by atoms with Crippen LogP contribution in [0.25, 0.3) is 11.5 Å². The summed E-state index contributed by atoms with van der Waals surface area (Å²) in [6, 6.07) is 12.8. The largest absolute Gasteiger partial charge is 0.441 e. The zero-order valence-corrected chi connectivity index (χ0v) is 19.4. The molecule has 2 aromatic carbocycles. The maximum atomic E-state index is 12.6. The summed E-state index contributed by atoms with van der Waals surface area (Å²) in [6.45, 7) is 3.84. The highest BCUT2D eigenvalue weighted by Crippen LogP contribution is 2.29. The molecule has 0 amide bonds. The Morgan fingerprint density at radius 2 is 1.67 bits per heavy atom. The molecule has 0 bridgehead atoms. The average molecular weight is 478 g/mol. The van der Waals surface area contributed by atoms with E-state index >= 15 is 0 Å². The maximum absolute atomic E-state index is 12.6. The van der Waals surface area contributed by atoms with Gasteiger partial charge in [-0.3, -0.25) is 9.00 Å². The zero-order valence-electron chi connectivity index (χ0n) is 18.6. The van der Waals surface area contributed by atoms with E-state index < -0.39 is 22.5 Å². The molecule has 1 atom stereocenters. The van der Waals surface area contributed by atoms with Crippen LogP contribution >= 0.6 is 0 Å². The lowest BCUT2D eigenvalue weighted by atomic mass is 10.0. The van der Waals surface area contributed by atoms with E-state index in [1.807, 2.05) is 24.3 Å². The van der Waals surface area contributed by atoms with Crippen molar-refractivity contribution >= 4 is 16.6 Å². The van der Waals surface area contributed by atoms with Crippen molar-refractivity contribution in [1.29, 1.82) is 0 Å². The van der Waals surface area contributed by atoms with Crippen molar-refractivity contribution < 1.29 is 26.6 Å². The number of hydrogen-bond acceptors (Lipinski definition) is 4. The van der Waals surface area contributed by atoms with Gasteiger partial charge in [-0.1, -0.05) is 31.2 Å². The number of rotatable bonds is 10. The van der Waals surface area contributed by atoms with Gasteiger partial charge in [-0.15, -0.1) is 0 Å². The van der Waals surface area contributed by atoms with Crippen molar-refractivity contribution in [1.82, 2.24) is 4.98 Å². The van der Waals surface area contributed by atoms with E-state index in [-0.39, 0.29) is 23.7 Å². The molecule has 0 aliphatic heterocycles. The number of halogens is 3. The lowest BCUT2D eigenvalue weighted by Crippen LogP contribution is -2.12. The molecule has 4 nitrogen and oxygen atoms in total. The number of hydrogen-bond donors (Lipinski definition) is 0. The summed E-state index contributed by atoms with van der Waals surface area (Å²) in [4.78, 5) is 16.7. The molecule has 1 unspecified atom stereocenters. The van der Waals surface area contributed by atoms with E-state index in [9.17, 15) is 22.2 Å². The lowest BCUT2D eigenvalue weighted by Gasteiger charge is -2.07. The van der Waals surface area contributed by atoms with Gasteiger partial charge in [-0.2, -0.15) is 13.2 Å². The Kier molecular flexibility index (Phi) is 8.24. The van der Waals surface area contributed by atoms with Crippen LogP contribution in [0.1, 0.15) is 47.9 Å². The molecule has 0 radical (unpaired) electrons. The fraction of sp³-hybridized carbons (Fsp3) is 0.360. The number of nitrogens with zero attached hydrogens (tertiary/aromatic N) is 1. The Bertz CT molecular complexity index is 1100. The Balaban J connectivity index is 1.47. The van der Waals surface area contributed by atoms with E-state index in [0.717, 1.165) is 29.7 Å². The molecule has 1 aromatic heterocycles. The molecule has 0 spiro atoms. The normalized spacial score (nSPS) is 12.6. The summed E-state index contributed by atoms with van der Waals surface area (Å²) in [5.41, 5.74) is 2.66. The second-order valence-electron chi connectivity index (χ2n) is 7.89. The second kappa shape index (κ2) is 10.9. The number of aryl methyl sites for hydroxylation is 3.